The highest BCUT2D eigenvalue weighted by atomic mass is 16.5. The van der Waals surface area contributed by atoms with Crippen LogP contribution in [0.25, 0.3) is 5.69 Å². The Hall–Kier alpha value is -2.43. The Kier molecular flexibility index (Phi) is 2.87. The first-order valence-electron chi connectivity index (χ1n) is 6.01. The van der Waals surface area contributed by atoms with Crippen molar-refractivity contribution < 1.29 is 9.47 Å². The van der Waals surface area contributed by atoms with E-state index in [-0.39, 0.29) is 0 Å². The van der Waals surface area contributed by atoms with Gasteiger partial charge in [0.25, 0.3) is 0 Å². The van der Waals surface area contributed by atoms with Gasteiger partial charge in [-0.15, -0.1) is 0 Å². The number of nitrogens with one attached hydrogen (secondary N) is 1. The van der Waals surface area contributed by atoms with Crippen molar-refractivity contribution in [3.63, 3.8) is 0 Å². The lowest BCUT2D eigenvalue weighted by atomic mass is 10.2. The number of fused-ring (bicyclic) bond motifs is 1. The largest absolute Gasteiger partial charge is 0.493 e. The molecule has 0 amide bonds. The SMILES string of the molecule is COc1ccc(-n2ccc3c2NC=NC3)cc1OC. The Morgan fingerprint density at radius 3 is 2.79 bits per heavy atom. The third kappa shape index (κ3) is 1.93. The molecule has 5 heteroatoms. The summed E-state index contributed by atoms with van der Waals surface area (Å²) in [5.74, 6) is 2.48. The maximum atomic E-state index is 5.33. The molecule has 1 aromatic heterocycles. The summed E-state index contributed by atoms with van der Waals surface area (Å²) < 4.78 is 12.7. The molecule has 0 atom stereocenters. The van der Waals surface area contributed by atoms with Crippen molar-refractivity contribution in [3.05, 3.63) is 36.0 Å². The van der Waals surface area contributed by atoms with E-state index in [2.05, 4.69) is 20.9 Å². The van der Waals surface area contributed by atoms with Gasteiger partial charge in [0.2, 0.25) is 0 Å². The van der Waals surface area contributed by atoms with Crippen LogP contribution in [0.5, 0.6) is 11.5 Å². The van der Waals surface area contributed by atoms with Crippen molar-refractivity contribution in [1.29, 1.82) is 0 Å². The number of methoxy groups -OCH3 is 2. The van der Waals surface area contributed by atoms with Gasteiger partial charge in [0.1, 0.15) is 5.82 Å². The molecule has 0 unspecified atom stereocenters. The third-order valence-corrected chi connectivity index (χ3v) is 3.17. The number of hydrogen-bond acceptors (Lipinski definition) is 4. The van der Waals surface area contributed by atoms with Gasteiger partial charge in [-0.2, -0.15) is 0 Å². The maximum absolute atomic E-state index is 5.33. The van der Waals surface area contributed by atoms with Crippen molar-refractivity contribution in [2.24, 2.45) is 4.99 Å². The molecule has 0 aliphatic carbocycles. The molecular weight excluding hydrogens is 242 g/mol. The summed E-state index contributed by atoms with van der Waals surface area (Å²) in [6, 6.07) is 7.91. The highest BCUT2D eigenvalue weighted by Crippen LogP contribution is 2.32. The molecule has 1 aliphatic heterocycles. The van der Waals surface area contributed by atoms with Gasteiger partial charge in [0, 0.05) is 17.8 Å². The second-order valence-electron chi connectivity index (χ2n) is 4.21. The minimum Gasteiger partial charge on any atom is -0.493 e. The number of benzene rings is 1. The topological polar surface area (TPSA) is 47.8 Å². The van der Waals surface area contributed by atoms with Crippen LogP contribution in [0.1, 0.15) is 5.56 Å². The third-order valence-electron chi connectivity index (χ3n) is 3.17. The zero-order valence-corrected chi connectivity index (χ0v) is 10.9. The van der Waals surface area contributed by atoms with Crippen molar-refractivity contribution in [1.82, 2.24) is 4.57 Å². The van der Waals surface area contributed by atoms with Gasteiger partial charge < -0.3 is 19.4 Å². The number of hydrogen-bond donors (Lipinski definition) is 1. The van der Waals surface area contributed by atoms with Crippen LogP contribution in [-0.2, 0) is 6.54 Å². The van der Waals surface area contributed by atoms with Crippen molar-refractivity contribution in [3.8, 4) is 17.2 Å². The number of ether oxygens (including phenoxy) is 2. The summed E-state index contributed by atoms with van der Waals surface area (Å²) in [7, 11) is 3.27. The fraction of sp³-hybridized carbons (Fsp3) is 0.214. The Morgan fingerprint density at radius 2 is 2.00 bits per heavy atom. The van der Waals surface area contributed by atoms with Gasteiger partial charge in [-0.1, -0.05) is 0 Å². The quantitative estimate of drug-likeness (QED) is 0.918. The summed E-state index contributed by atoms with van der Waals surface area (Å²) in [4.78, 5) is 4.19. The van der Waals surface area contributed by atoms with Crippen LogP contribution in [-0.4, -0.2) is 25.1 Å². The Balaban J connectivity index is 2.06. The number of nitrogens with zero attached hydrogens (tertiary/aromatic N) is 2. The van der Waals surface area contributed by atoms with E-state index in [4.69, 9.17) is 9.47 Å². The van der Waals surface area contributed by atoms with Crippen LogP contribution >= 0.6 is 0 Å². The molecule has 0 radical (unpaired) electrons. The van der Waals surface area contributed by atoms with Crippen molar-refractivity contribution >= 4 is 12.2 Å². The Morgan fingerprint density at radius 1 is 1.16 bits per heavy atom. The van der Waals surface area contributed by atoms with Gasteiger partial charge in [0.15, 0.2) is 11.5 Å². The van der Waals surface area contributed by atoms with E-state index < -0.39 is 0 Å². The smallest absolute Gasteiger partial charge is 0.162 e. The van der Waals surface area contributed by atoms with Gasteiger partial charge in [-0.3, -0.25) is 4.99 Å². The molecule has 2 heterocycles. The minimum absolute atomic E-state index is 0.711. The molecule has 1 N–H and O–H groups in total. The number of rotatable bonds is 3. The van der Waals surface area contributed by atoms with Crippen LogP contribution < -0.4 is 14.8 Å². The second kappa shape index (κ2) is 4.68. The van der Waals surface area contributed by atoms with E-state index in [1.807, 2.05) is 24.4 Å². The van der Waals surface area contributed by atoms with E-state index in [9.17, 15) is 0 Å². The molecule has 0 bridgehead atoms. The molecule has 0 saturated carbocycles. The average molecular weight is 257 g/mol. The first-order valence-corrected chi connectivity index (χ1v) is 6.01. The molecule has 3 rings (SSSR count). The molecule has 1 aliphatic rings. The predicted molar refractivity (Wildman–Crippen MR) is 74.7 cm³/mol. The van der Waals surface area contributed by atoms with Crippen LogP contribution in [0.4, 0.5) is 5.82 Å². The standard InChI is InChI=1S/C14H15N3O2/c1-18-12-4-3-11(7-13(12)19-2)17-6-5-10-8-15-9-16-14(10)17/h3-7,9H,8H2,1-2H3,(H,15,16). The van der Waals surface area contributed by atoms with Gasteiger partial charge >= 0.3 is 0 Å². The lowest BCUT2D eigenvalue weighted by Gasteiger charge is -2.15. The summed E-state index contributed by atoms with van der Waals surface area (Å²) in [5.41, 5.74) is 2.19. The highest BCUT2D eigenvalue weighted by molar-refractivity contribution is 5.79. The first-order chi connectivity index (χ1) is 9.33. The van der Waals surface area contributed by atoms with Gasteiger partial charge in [-0.25, -0.2) is 0 Å². The molecule has 0 fully saturated rings. The Bertz CT molecular complexity index is 632. The number of aliphatic imine (C=N–C) groups is 1. The van der Waals surface area contributed by atoms with E-state index in [0.717, 1.165) is 17.3 Å². The van der Waals surface area contributed by atoms with Gasteiger partial charge in [-0.05, 0) is 18.2 Å². The van der Waals surface area contributed by atoms with Crippen molar-refractivity contribution in [2.45, 2.75) is 6.54 Å². The fourth-order valence-corrected chi connectivity index (χ4v) is 2.20. The summed E-state index contributed by atoms with van der Waals surface area (Å²) in [6.07, 6.45) is 3.74. The van der Waals surface area contributed by atoms with Crippen LogP contribution in [0.3, 0.4) is 0 Å². The zero-order valence-electron chi connectivity index (χ0n) is 10.9. The fourth-order valence-electron chi connectivity index (χ4n) is 2.20. The van der Waals surface area contributed by atoms with Crippen LogP contribution in [0, 0.1) is 0 Å². The predicted octanol–water partition coefficient (Wildman–Crippen LogP) is 2.45. The molecular formula is C14H15N3O2. The molecule has 5 nitrogen and oxygen atoms in total. The lowest BCUT2D eigenvalue weighted by Crippen LogP contribution is -2.08. The maximum Gasteiger partial charge on any atom is 0.162 e. The number of aromatic nitrogens is 1. The monoisotopic (exact) mass is 257 g/mol. The molecule has 0 spiro atoms. The minimum atomic E-state index is 0.711. The molecule has 19 heavy (non-hydrogen) atoms. The molecule has 1 aromatic carbocycles. The number of anilines is 1. The zero-order chi connectivity index (χ0) is 13.2. The van der Waals surface area contributed by atoms with E-state index >= 15 is 0 Å². The summed E-state index contributed by atoms with van der Waals surface area (Å²) >= 11 is 0. The molecule has 0 saturated heterocycles. The van der Waals surface area contributed by atoms with Crippen LogP contribution in [0.15, 0.2) is 35.5 Å². The Labute approximate surface area is 111 Å². The first kappa shape index (κ1) is 11.6. The van der Waals surface area contributed by atoms with E-state index in [1.165, 1.54) is 5.56 Å². The molecule has 98 valence electrons. The summed E-state index contributed by atoms with van der Waals surface area (Å²) in [6.45, 7) is 0.711. The van der Waals surface area contributed by atoms with E-state index in [1.54, 1.807) is 20.6 Å². The highest BCUT2D eigenvalue weighted by Gasteiger charge is 2.13. The van der Waals surface area contributed by atoms with Gasteiger partial charge in [0.05, 0.1) is 32.8 Å². The molecule has 2 aromatic rings. The van der Waals surface area contributed by atoms with Crippen molar-refractivity contribution in [2.75, 3.05) is 19.5 Å². The van der Waals surface area contributed by atoms with Crippen LogP contribution in [0.2, 0.25) is 0 Å². The van der Waals surface area contributed by atoms with E-state index in [0.29, 0.717) is 12.3 Å². The average Bonchev–Trinajstić information content (AvgIpc) is 2.90. The summed E-state index contributed by atoms with van der Waals surface area (Å²) in [5, 5.41) is 3.18. The second-order valence-corrected chi connectivity index (χ2v) is 4.21. The lowest BCUT2D eigenvalue weighted by molar-refractivity contribution is 0.355. The normalized spacial score (nSPS) is 12.7.